The van der Waals surface area contributed by atoms with E-state index in [4.69, 9.17) is 0 Å². The second-order valence-electron chi connectivity index (χ2n) is 8.41. The average Bonchev–Trinajstić information content (AvgIpc) is 3.10. The Morgan fingerprint density at radius 2 is 1.66 bits per heavy atom. The predicted octanol–water partition coefficient (Wildman–Crippen LogP) is 4.09. The highest BCUT2D eigenvalue weighted by atomic mass is 16.2. The van der Waals surface area contributed by atoms with Crippen LogP contribution in [-0.4, -0.2) is 40.6 Å². The molecule has 2 aliphatic rings. The number of benzene rings is 2. The highest BCUT2D eigenvalue weighted by Gasteiger charge is 2.30. The molecule has 1 saturated heterocycles. The average molecular weight is 425 g/mol. The Morgan fingerprint density at radius 1 is 0.938 bits per heavy atom. The molecule has 2 heterocycles. The van der Waals surface area contributed by atoms with Crippen LogP contribution in [0.2, 0.25) is 0 Å². The zero-order chi connectivity index (χ0) is 22.2. The molecular formula is C26H23N3O3. The van der Waals surface area contributed by atoms with Gasteiger partial charge in [0, 0.05) is 41.9 Å². The number of carbonyl (C=O) groups excluding carboxylic acids is 3. The van der Waals surface area contributed by atoms with Gasteiger partial charge in [-0.2, -0.15) is 0 Å². The van der Waals surface area contributed by atoms with E-state index in [2.05, 4.69) is 10.3 Å². The minimum absolute atomic E-state index is 0.0367. The summed E-state index contributed by atoms with van der Waals surface area (Å²) in [6.07, 6.45) is 2.86. The Hall–Kier alpha value is -3.80. The number of nitrogens with zero attached hydrogens (tertiary/aromatic N) is 2. The van der Waals surface area contributed by atoms with Crippen LogP contribution in [0, 0.1) is 12.8 Å². The van der Waals surface area contributed by atoms with Crippen LogP contribution in [0.25, 0.3) is 11.1 Å². The molecule has 1 aliphatic carbocycles. The monoisotopic (exact) mass is 425 g/mol. The van der Waals surface area contributed by atoms with Crippen LogP contribution in [0.5, 0.6) is 0 Å². The molecule has 1 aromatic heterocycles. The molecule has 0 atom stereocenters. The Kier molecular flexibility index (Phi) is 5.05. The van der Waals surface area contributed by atoms with Crippen LogP contribution in [-0.2, 0) is 4.79 Å². The molecule has 6 nitrogen and oxygen atoms in total. The molecule has 0 radical (unpaired) electrons. The summed E-state index contributed by atoms with van der Waals surface area (Å²) in [5.41, 5.74) is 4.60. The maximum absolute atomic E-state index is 13.1. The summed E-state index contributed by atoms with van der Waals surface area (Å²) in [5, 5.41) is 2.88. The van der Waals surface area contributed by atoms with Crippen LogP contribution >= 0.6 is 0 Å². The van der Waals surface area contributed by atoms with Gasteiger partial charge >= 0.3 is 0 Å². The van der Waals surface area contributed by atoms with E-state index in [1.165, 1.54) is 0 Å². The highest BCUT2D eigenvalue weighted by molar-refractivity contribution is 6.22. The van der Waals surface area contributed by atoms with Crippen molar-refractivity contribution in [2.24, 2.45) is 5.92 Å². The minimum atomic E-state index is -0.155. The highest BCUT2D eigenvalue weighted by Crippen LogP contribution is 2.37. The van der Waals surface area contributed by atoms with Crippen molar-refractivity contribution in [1.29, 1.82) is 0 Å². The maximum Gasteiger partial charge on any atom is 0.253 e. The fourth-order valence-corrected chi connectivity index (χ4v) is 4.52. The van der Waals surface area contributed by atoms with E-state index in [9.17, 15) is 14.4 Å². The number of fused-ring (bicyclic) bond motifs is 3. The van der Waals surface area contributed by atoms with Gasteiger partial charge in [-0.25, -0.2) is 4.98 Å². The Bertz CT molecular complexity index is 1240. The van der Waals surface area contributed by atoms with Crippen LogP contribution in [0.15, 0.2) is 60.8 Å². The predicted molar refractivity (Wildman–Crippen MR) is 122 cm³/mol. The smallest absolute Gasteiger partial charge is 0.253 e. The number of pyridine rings is 1. The van der Waals surface area contributed by atoms with Crippen LogP contribution in [0.1, 0.15) is 44.7 Å². The number of rotatable bonds is 3. The summed E-state index contributed by atoms with van der Waals surface area (Å²) >= 11 is 0. The van der Waals surface area contributed by atoms with E-state index in [1.54, 1.807) is 23.2 Å². The lowest BCUT2D eigenvalue weighted by atomic mass is 9.95. The van der Waals surface area contributed by atoms with E-state index in [-0.39, 0.29) is 23.5 Å². The van der Waals surface area contributed by atoms with Gasteiger partial charge in [0.15, 0.2) is 5.78 Å². The van der Waals surface area contributed by atoms with Gasteiger partial charge in [0.05, 0.1) is 0 Å². The third-order valence-corrected chi connectivity index (χ3v) is 6.29. The lowest BCUT2D eigenvalue weighted by Crippen LogP contribution is -2.41. The fourth-order valence-electron chi connectivity index (χ4n) is 4.52. The molecule has 1 fully saturated rings. The van der Waals surface area contributed by atoms with E-state index in [0.29, 0.717) is 48.4 Å². The molecule has 0 saturated carbocycles. The van der Waals surface area contributed by atoms with Gasteiger partial charge in [-0.3, -0.25) is 14.4 Å². The van der Waals surface area contributed by atoms with Crippen molar-refractivity contribution >= 4 is 23.4 Å². The first-order valence-electron chi connectivity index (χ1n) is 10.8. The lowest BCUT2D eigenvalue weighted by molar-refractivity contribution is -0.121. The van der Waals surface area contributed by atoms with E-state index in [0.717, 1.165) is 16.7 Å². The number of hydrogen-bond acceptors (Lipinski definition) is 4. The number of piperidine rings is 1. The molecule has 160 valence electrons. The minimum Gasteiger partial charge on any atom is -0.339 e. The van der Waals surface area contributed by atoms with Crippen LogP contribution < -0.4 is 5.32 Å². The van der Waals surface area contributed by atoms with Crippen molar-refractivity contribution in [2.45, 2.75) is 19.8 Å². The molecule has 3 aromatic rings. The van der Waals surface area contributed by atoms with Gasteiger partial charge in [0.25, 0.3) is 5.91 Å². The van der Waals surface area contributed by atoms with Gasteiger partial charge in [-0.05, 0) is 60.7 Å². The standard InChI is InChI=1S/C26H23N3O3/c1-16-8-11-27-23(14-16)28-25(31)17-9-12-29(13-10-17)26(32)18-6-7-20-19-4-2-3-5-21(19)24(30)22(20)15-18/h2-8,11,14-15,17H,9-10,12-13H2,1H3,(H,27,28,31). The van der Waals surface area contributed by atoms with E-state index >= 15 is 0 Å². The second kappa shape index (κ2) is 8.04. The molecule has 5 rings (SSSR count). The molecule has 2 aromatic carbocycles. The Morgan fingerprint density at radius 3 is 2.41 bits per heavy atom. The number of nitrogens with one attached hydrogen (secondary N) is 1. The molecule has 6 heteroatoms. The molecule has 2 amide bonds. The number of aromatic nitrogens is 1. The zero-order valence-electron chi connectivity index (χ0n) is 17.8. The number of hydrogen-bond donors (Lipinski definition) is 1. The van der Waals surface area contributed by atoms with E-state index in [1.807, 2.05) is 49.4 Å². The number of carbonyl (C=O) groups is 3. The van der Waals surface area contributed by atoms with Crippen LogP contribution in [0.3, 0.4) is 0 Å². The molecule has 32 heavy (non-hydrogen) atoms. The van der Waals surface area contributed by atoms with Crippen molar-refractivity contribution in [3.63, 3.8) is 0 Å². The molecule has 1 aliphatic heterocycles. The number of anilines is 1. The maximum atomic E-state index is 13.1. The third-order valence-electron chi connectivity index (χ3n) is 6.29. The molecule has 0 bridgehead atoms. The van der Waals surface area contributed by atoms with Crippen molar-refractivity contribution in [1.82, 2.24) is 9.88 Å². The first-order valence-corrected chi connectivity index (χ1v) is 10.8. The summed E-state index contributed by atoms with van der Waals surface area (Å²) in [6, 6.07) is 16.6. The number of ketones is 1. The van der Waals surface area contributed by atoms with Crippen LogP contribution in [0.4, 0.5) is 5.82 Å². The second-order valence-corrected chi connectivity index (χ2v) is 8.41. The summed E-state index contributed by atoms with van der Waals surface area (Å²) in [7, 11) is 0. The summed E-state index contributed by atoms with van der Waals surface area (Å²) < 4.78 is 0. The summed E-state index contributed by atoms with van der Waals surface area (Å²) in [5.74, 6) is 0.201. The largest absolute Gasteiger partial charge is 0.339 e. The first kappa shape index (κ1) is 20.1. The fraction of sp³-hybridized carbons (Fsp3) is 0.231. The zero-order valence-corrected chi connectivity index (χ0v) is 17.8. The van der Waals surface area contributed by atoms with Gasteiger partial charge in [-0.15, -0.1) is 0 Å². The molecule has 1 N–H and O–H groups in total. The summed E-state index contributed by atoms with van der Waals surface area (Å²) in [6.45, 7) is 2.96. The number of amides is 2. The normalized spacial score (nSPS) is 15.3. The van der Waals surface area contributed by atoms with Gasteiger partial charge in [-0.1, -0.05) is 30.3 Å². The Labute approximate surface area is 186 Å². The Balaban J connectivity index is 1.24. The third kappa shape index (κ3) is 3.58. The molecule has 0 spiro atoms. The quantitative estimate of drug-likeness (QED) is 0.536. The van der Waals surface area contributed by atoms with Crippen molar-refractivity contribution in [3.8, 4) is 11.1 Å². The lowest BCUT2D eigenvalue weighted by Gasteiger charge is -2.31. The molecule has 0 unspecified atom stereocenters. The summed E-state index contributed by atoms with van der Waals surface area (Å²) in [4.78, 5) is 44.4. The molecular weight excluding hydrogens is 402 g/mol. The SMILES string of the molecule is Cc1ccnc(NC(=O)C2CCN(C(=O)c3ccc4c(c3)C(=O)c3ccccc3-4)CC2)c1. The van der Waals surface area contributed by atoms with Crippen molar-refractivity contribution in [2.75, 3.05) is 18.4 Å². The van der Waals surface area contributed by atoms with Gasteiger partial charge < -0.3 is 10.2 Å². The van der Waals surface area contributed by atoms with Crippen molar-refractivity contribution < 1.29 is 14.4 Å². The topological polar surface area (TPSA) is 79.4 Å². The van der Waals surface area contributed by atoms with Gasteiger partial charge in [0.1, 0.15) is 5.82 Å². The van der Waals surface area contributed by atoms with E-state index < -0.39 is 0 Å². The van der Waals surface area contributed by atoms with Crippen molar-refractivity contribution in [3.05, 3.63) is 83.0 Å². The van der Waals surface area contributed by atoms with Gasteiger partial charge in [0.2, 0.25) is 5.91 Å². The first-order chi connectivity index (χ1) is 15.5. The number of likely N-dealkylation sites (tertiary alicyclic amines) is 1. The number of aryl methyl sites for hydroxylation is 1.